The van der Waals surface area contributed by atoms with Crippen LogP contribution in [0.4, 0.5) is 4.79 Å². The Bertz CT molecular complexity index is 850. The Hall–Kier alpha value is -3.14. The molecule has 1 aromatic rings. The van der Waals surface area contributed by atoms with E-state index in [1.54, 1.807) is 47.6 Å². The zero-order valence-corrected chi connectivity index (χ0v) is 20.1. The van der Waals surface area contributed by atoms with Gasteiger partial charge in [-0.15, -0.1) is 0 Å². The van der Waals surface area contributed by atoms with E-state index in [2.05, 4.69) is 4.74 Å². The first-order valence-electron chi connectivity index (χ1n) is 10.6. The lowest BCUT2D eigenvalue weighted by Crippen LogP contribution is -2.39. The molecule has 1 aromatic carbocycles. The first-order chi connectivity index (χ1) is 15.3. The van der Waals surface area contributed by atoms with Crippen LogP contribution in [0.3, 0.4) is 0 Å². The largest absolute Gasteiger partial charge is 0.508 e. The van der Waals surface area contributed by atoms with Crippen molar-refractivity contribution >= 4 is 24.1 Å². The predicted molar refractivity (Wildman–Crippen MR) is 118 cm³/mol. The molecule has 1 rings (SSSR count). The molecule has 0 aliphatic rings. The van der Waals surface area contributed by atoms with Crippen LogP contribution in [0.15, 0.2) is 18.2 Å². The highest BCUT2D eigenvalue weighted by molar-refractivity contribution is 5.78. The smallest absolute Gasteiger partial charge is 0.458 e. The van der Waals surface area contributed by atoms with Gasteiger partial charge in [-0.2, -0.15) is 0 Å². The maximum Gasteiger partial charge on any atom is 0.508 e. The van der Waals surface area contributed by atoms with Crippen molar-refractivity contribution in [2.24, 2.45) is 17.6 Å². The third-order valence-electron chi connectivity index (χ3n) is 4.54. The summed E-state index contributed by atoms with van der Waals surface area (Å²) in [6.45, 7) is 9.80. The van der Waals surface area contributed by atoms with E-state index < -0.39 is 48.2 Å². The molecular formula is C23H33NO9. The minimum Gasteiger partial charge on any atom is -0.458 e. The van der Waals surface area contributed by atoms with Crippen molar-refractivity contribution in [1.82, 2.24) is 0 Å². The first-order valence-corrected chi connectivity index (χ1v) is 10.6. The molecule has 0 amide bonds. The molecule has 10 nitrogen and oxygen atoms in total. The van der Waals surface area contributed by atoms with Gasteiger partial charge in [-0.05, 0) is 38.0 Å². The number of nitrogens with two attached hydrogens (primary N) is 1. The molecule has 0 aliphatic heterocycles. The number of hydrogen-bond donors (Lipinski definition) is 1. The fourth-order valence-electron chi connectivity index (χ4n) is 2.30. The Morgan fingerprint density at radius 2 is 1.30 bits per heavy atom. The molecule has 0 radical (unpaired) electrons. The molecular weight excluding hydrogens is 434 g/mol. The minimum atomic E-state index is -1.05. The normalized spacial score (nSPS) is 13.6. The molecule has 2 N–H and O–H groups in total. The third-order valence-corrected chi connectivity index (χ3v) is 4.54. The number of esters is 3. The van der Waals surface area contributed by atoms with Gasteiger partial charge < -0.3 is 29.4 Å². The highest BCUT2D eigenvalue weighted by Gasteiger charge is 2.25. The Kier molecular flexibility index (Phi) is 10.8. The van der Waals surface area contributed by atoms with Gasteiger partial charge in [0.2, 0.25) is 0 Å². The predicted octanol–water partition coefficient (Wildman–Crippen LogP) is 2.78. The van der Waals surface area contributed by atoms with Gasteiger partial charge in [0, 0.05) is 0 Å². The molecule has 0 saturated carbocycles. The average molecular weight is 468 g/mol. The maximum absolute atomic E-state index is 12.4. The van der Waals surface area contributed by atoms with Crippen LogP contribution < -0.4 is 15.2 Å². The van der Waals surface area contributed by atoms with Gasteiger partial charge in [-0.25, -0.2) is 4.79 Å². The quantitative estimate of drug-likeness (QED) is 0.403. The van der Waals surface area contributed by atoms with Crippen LogP contribution in [-0.4, -0.2) is 49.4 Å². The Morgan fingerprint density at radius 1 is 0.788 bits per heavy atom. The molecule has 0 spiro atoms. The van der Waals surface area contributed by atoms with Crippen molar-refractivity contribution in [3.05, 3.63) is 23.8 Å². The van der Waals surface area contributed by atoms with Crippen LogP contribution >= 0.6 is 0 Å². The molecule has 10 heteroatoms. The molecule has 0 heterocycles. The molecule has 3 atom stereocenters. The summed E-state index contributed by atoms with van der Waals surface area (Å²) < 4.78 is 25.3. The van der Waals surface area contributed by atoms with E-state index in [1.165, 1.54) is 19.2 Å². The first kappa shape index (κ1) is 27.9. The van der Waals surface area contributed by atoms with E-state index in [9.17, 15) is 19.2 Å². The van der Waals surface area contributed by atoms with Gasteiger partial charge in [-0.3, -0.25) is 14.4 Å². The van der Waals surface area contributed by atoms with Gasteiger partial charge in [0.05, 0.1) is 18.9 Å². The second-order valence-corrected chi connectivity index (χ2v) is 8.16. The third kappa shape index (κ3) is 9.09. The van der Waals surface area contributed by atoms with E-state index in [-0.39, 0.29) is 23.8 Å². The number of benzene rings is 1. The maximum atomic E-state index is 12.4. The number of carbonyl (C=O) groups excluding carboxylic acids is 4. The van der Waals surface area contributed by atoms with Gasteiger partial charge >= 0.3 is 24.1 Å². The summed E-state index contributed by atoms with van der Waals surface area (Å²) in [5.74, 6) is -2.35. The number of rotatable bonds is 10. The van der Waals surface area contributed by atoms with Gasteiger partial charge in [-0.1, -0.05) is 33.8 Å². The van der Waals surface area contributed by atoms with E-state index in [0.717, 1.165) is 0 Å². The van der Waals surface area contributed by atoms with Crippen molar-refractivity contribution in [3.8, 4) is 11.5 Å². The Labute approximate surface area is 193 Å². The van der Waals surface area contributed by atoms with E-state index >= 15 is 0 Å². The summed E-state index contributed by atoms with van der Waals surface area (Å²) in [5.41, 5.74) is 6.54. The summed E-state index contributed by atoms with van der Waals surface area (Å²) in [7, 11) is 1.17. The molecule has 0 fully saturated rings. The standard InChI is InChI=1S/C23H33NO9/c1-12(2)20(25)32-18-9-8-16(11-19(18)33-21(26)13(3)4)10-17(24)22(27)30-14(5)15(6)31-23(28)29-7/h8-9,11-15,17H,10,24H2,1-7H3/t14-,15?,17-/m0/s1. The fourth-order valence-corrected chi connectivity index (χ4v) is 2.30. The van der Waals surface area contributed by atoms with Crippen molar-refractivity contribution in [2.45, 2.75) is 66.2 Å². The van der Waals surface area contributed by atoms with Gasteiger partial charge in [0.25, 0.3) is 0 Å². The summed E-state index contributed by atoms with van der Waals surface area (Å²) in [6.07, 6.45) is -2.34. The number of methoxy groups -OCH3 is 1. The van der Waals surface area contributed by atoms with Crippen LogP contribution in [-0.2, 0) is 35.0 Å². The lowest BCUT2D eigenvalue weighted by Gasteiger charge is -2.22. The fraction of sp³-hybridized carbons (Fsp3) is 0.565. The summed E-state index contributed by atoms with van der Waals surface area (Å²) in [6, 6.07) is 3.53. The number of hydrogen-bond acceptors (Lipinski definition) is 10. The van der Waals surface area contributed by atoms with Crippen LogP contribution in [0, 0.1) is 11.8 Å². The SMILES string of the molecule is COC(=O)OC(C)[C@H](C)OC(=O)[C@@H](N)Cc1ccc(OC(=O)C(C)C)c(OC(=O)C(C)C)c1. The molecule has 33 heavy (non-hydrogen) atoms. The molecule has 0 bridgehead atoms. The second kappa shape index (κ2) is 12.8. The molecule has 0 aliphatic carbocycles. The average Bonchev–Trinajstić information content (AvgIpc) is 2.74. The highest BCUT2D eigenvalue weighted by Crippen LogP contribution is 2.30. The summed E-state index contributed by atoms with van der Waals surface area (Å²) >= 11 is 0. The molecule has 1 unspecified atom stereocenters. The Morgan fingerprint density at radius 3 is 1.82 bits per heavy atom. The van der Waals surface area contributed by atoms with E-state index in [1.807, 2.05) is 0 Å². The van der Waals surface area contributed by atoms with Crippen molar-refractivity contribution in [1.29, 1.82) is 0 Å². The number of carbonyl (C=O) groups is 4. The van der Waals surface area contributed by atoms with Crippen LogP contribution in [0.5, 0.6) is 11.5 Å². The van der Waals surface area contributed by atoms with Crippen molar-refractivity contribution in [3.63, 3.8) is 0 Å². The summed E-state index contributed by atoms with van der Waals surface area (Å²) in [4.78, 5) is 47.7. The van der Waals surface area contributed by atoms with Gasteiger partial charge in [0.15, 0.2) is 11.5 Å². The van der Waals surface area contributed by atoms with E-state index in [4.69, 9.17) is 24.7 Å². The summed E-state index contributed by atoms with van der Waals surface area (Å²) in [5, 5.41) is 0. The Balaban J connectivity index is 2.94. The molecule has 0 saturated heterocycles. The lowest BCUT2D eigenvalue weighted by molar-refractivity contribution is -0.155. The minimum absolute atomic E-state index is 0.0502. The topological polar surface area (TPSA) is 140 Å². The molecule has 0 aromatic heterocycles. The lowest BCUT2D eigenvalue weighted by atomic mass is 10.1. The highest BCUT2D eigenvalue weighted by atomic mass is 16.7. The zero-order chi connectivity index (χ0) is 25.3. The van der Waals surface area contributed by atoms with Crippen molar-refractivity contribution < 1.29 is 42.9 Å². The van der Waals surface area contributed by atoms with Crippen LogP contribution in [0.1, 0.15) is 47.1 Å². The van der Waals surface area contributed by atoms with Gasteiger partial charge in [0.1, 0.15) is 18.2 Å². The van der Waals surface area contributed by atoms with E-state index in [0.29, 0.717) is 5.56 Å². The van der Waals surface area contributed by atoms with Crippen LogP contribution in [0.2, 0.25) is 0 Å². The molecule has 184 valence electrons. The monoisotopic (exact) mass is 467 g/mol. The van der Waals surface area contributed by atoms with Crippen molar-refractivity contribution in [2.75, 3.05) is 7.11 Å². The zero-order valence-electron chi connectivity index (χ0n) is 20.1. The second-order valence-electron chi connectivity index (χ2n) is 8.16. The number of ether oxygens (including phenoxy) is 5. The van der Waals surface area contributed by atoms with Crippen LogP contribution in [0.25, 0.3) is 0 Å².